The van der Waals surface area contributed by atoms with Crippen LogP contribution in [0.3, 0.4) is 0 Å². The molecule has 0 atom stereocenters. The molecule has 2 aromatic heterocycles. The Bertz CT molecular complexity index is 845. The molecule has 1 fully saturated rings. The largest absolute Gasteiger partial charge is 0.383 e. The number of benzene rings is 1. The predicted octanol–water partition coefficient (Wildman–Crippen LogP) is 2.68. The van der Waals surface area contributed by atoms with Gasteiger partial charge in [-0.2, -0.15) is 4.98 Å². The van der Waals surface area contributed by atoms with E-state index in [9.17, 15) is 0 Å². The van der Waals surface area contributed by atoms with E-state index in [0.717, 1.165) is 29.7 Å². The molecular formula is C16H17N5. The molecule has 4 N–H and O–H groups in total. The summed E-state index contributed by atoms with van der Waals surface area (Å²) in [5, 5.41) is 1.17. The highest BCUT2D eigenvalue weighted by atomic mass is 15.0. The fourth-order valence-electron chi connectivity index (χ4n) is 2.98. The van der Waals surface area contributed by atoms with E-state index in [1.807, 2.05) is 19.2 Å². The van der Waals surface area contributed by atoms with Crippen molar-refractivity contribution in [2.45, 2.75) is 18.8 Å². The van der Waals surface area contributed by atoms with Crippen LogP contribution in [0, 0.1) is 0 Å². The van der Waals surface area contributed by atoms with Crippen LogP contribution in [0.2, 0.25) is 0 Å². The third-order valence-electron chi connectivity index (χ3n) is 4.11. The van der Waals surface area contributed by atoms with Crippen molar-refractivity contribution in [3.05, 3.63) is 36.2 Å². The van der Waals surface area contributed by atoms with Gasteiger partial charge in [0.25, 0.3) is 0 Å². The summed E-state index contributed by atoms with van der Waals surface area (Å²) in [5.41, 5.74) is 16.2. The zero-order chi connectivity index (χ0) is 14.6. The molecular weight excluding hydrogens is 262 g/mol. The van der Waals surface area contributed by atoms with Gasteiger partial charge in [-0.05, 0) is 18.9 Å². The van der Waals surface area contributed by atoms with Crippen LogP contribution in [0.4, 0.5) is 11.8 Å². The molecule has 0 saturated heterocycles. The van der Waals surface area contributed by atoms with E-state index < -0.39 is 0 Å². The van der Waals surface area contributed by atoms with Crippen LogP contribution in [0.15, 0.2) is 30.5 Å². The standard InChI is InChI=1S/C16H17N5/c1-21-8-11(10-4-2-3-5-12(10)21)13-14(9-6-7-9)19-16(18)20-15(13)17/h2-5,8-9H,6-7H2,1H3,(H4,17,18,19,20). The van der Waals surface area contributed by atoms with Crippen LogP contribution in [0.5, 0.6) is 0 Å². The summed E-state index contributed by atoms with van der Waals surface area (Å²) in [6.07, 6.45) is 4.39. The number of hydrogen-bond donors (Lipinski definition) is 2. The van der Waals surface area contributed by atoms with Crippen molar-refractivity contribution in [3.63, 3.8) is 0 Å². The highest BCUT2D eigenvalue weighted by Gasteiger charge is 2.31. The Morgan fingerprint density at radius 2 is 1.90 bits per heavy atom. The average Bonchev–Trinajstić information content (AvgIpc) is 3.25. The van der Waals surface area contributed by atoms with Gasteiger partial charge in [-0.1, -0.05) is 18.2 Å². The summed E-state index contributed by atoms with van der Waals surface area (Å²) in [4.78, 5) is 8.64. The number of nitrogens with zero attached hydrogens (tertiary/aromatic N) is 3. The van der Waals surface area contributed by atoms with Gasteiger partial charge in [-0.3, -0.25) is 0 Å². The lowest BCUT2D eigenvalue weighted by Crippen LogP contribution is -2.06. The maximum Gasteiger partial charge on any atom is 0.222 e. The Labute approximate surface area is 122 Å². The quantitative estimate of drug-likeness (QED) is 0.755. The normalized spacial score (nSPS) is 14.7. The van der Waals surface area contributed by atoms with E-state index in [1.54, 1.807) is 0 Å². The molecule has 2 heterocycles. The Balaban J connectivity index is 2.05. The second kappa shape index (κ2) is 4.22. The molecule has 5 nitrogen and oxygen atoms in total. The molecule has 106 valence electrons. The molecule has 5 heteroatoms. The van der Waals surface area contributed by atoms with Crippen molar-refractivity contribution in [3.8, 4) is 11.1 Å². The van der Waals surface area contributed by atoms with E-state index in [1.165, 1.54) is 10.9 Å². The molecule has 1 aliphatic rings. The third kappa shape index (κ3) is 1.85. The molecule has 1 saturated carbocycles. The molecule has 1 aromatic carbocycles. The predicted molar refractivity (Wildman–Crippen MR) is 84.7 cm³/mol. The number of hydrogen-bond acceptors (Lipinski definition) is 4. The molecule has 0 aliphatic heterocycles. The van der Waals surface area contributed by atoms with Crippen molar-refractivity contribution in [1.82, 2.24) is 14.5 Å². The summed E-state index contributed by atoms with van der Waals surface area (Å²) in [7, 11) is 2.04. The maximum absolute atomic E-state index is 6.18. The lowest BCUT2D eigenvalue weighted by molar-refractivity contribution is 0.966. The van der Waals surface area contributed by atoms with Gasteiger partial charge in [-0.25, -0.2) is 4.98 Å². The van der Waals surface area contributed by atoms with Gasteiger partial charge in [0, 0.05) is 41.2 Å². The van der Waals surface area contributed by atoms with Crippen LogP contribution in [0.1, 0.15) is 24.5 Å². The van der Waals surface area contributed by atoms with Crippen LogP contribution in [-0.4, -0.2) is 14.5 Å². The fraction of sp³-hybridized carbons (Fsp3) is 0.250. The van der Waals surface area contributed by atoms with Crippen LogP contribution in [-0.2, 0) is 7.05 Å². The average molecular weight is 279 g/mol. The van der Waals surface area contributed by atoms with Crippen LogP contribution < -0.4 is 11.5 Å². The second-order valence-corrected chi connectivity index (χ2v) is 5.67. The van der Waals surface area contributed by atoms with Crippen molar-refractivity contribution >= 4 is 22.7 Å². The number of para-hydroxylation sites is 1. The Morgan fingerprint density at radius 3 is 2.67 bits per heavy atom. The summed E-state index contributed by atoms with van der Waals surface area (Å²) >= 11 is 0. The van der Waals surface area contributed by atoms with E-state index >= 15 is 0 Å². The molecule has 0 spiro atoms. The second-order valence-electron chi connectivity index (χ2n) is 5.67. The monoisotopic (exact) mass is 279 g/mol. The van der Waals surface area contributed by atoms with E-state index in [-0.39, 0.29) is 5.95 Å². The summed E-state index contributed by atoms with van der Waals surface area (Å²) in [6, 6.07) is 8.29. The molecule has 1 aliphatic carbocycles. The maximum atomic E-state index is 6.18. The minimum atomic E-state index is 0.262. The number of fused-ring (bicyclic) bond motifs is 1. The summed E-state index contributed by atoms with van der Waals surface area (Å²) < 4.78 is 2.11. The smallest absolute Gasteiger partial charge is 0.222 e. The molecule has 0 bridgehead atoms. The zero-order valence-electron chi connectivity index (χ0n) is 11.9. The van der Waals surface area contributed by atoms with E-state index in [2.05, 4.69) is 32.9 Å². The van der Waals surface area contributed by atoms with Crippen molar-refractivity contribution < 1.29 is 0 Å². The van der Waals surface area contributed by atoms with E-state index in [4.69, 9.17) is 11.5 Å². The topological polar surface area (TPSA) is 82.8 Å². The first-order valence-electron chi connectivity index (χ1n) is 7.12. The Hall–Kier alpha value is -2.56. The Morgan fingerprint density at radius 1 is 1.14 bits per heavy atom. The summed E-state index contributed by atoms with van der Waals surface area (Å²) in [6.45, 7) is 0. The number of aromatic nitrogens is 3. The van der Waals surface area contributed by atoms with Gasteiger partial charge < -0.3 is 16.0 Å². The number of nitrogen functional groups attached to an aromatic ring is 2. The molecule has 4 rings (SSSR count). The fourth-order valence-corrected chi connectivity index (χ4v) is 2.98. The number of aryl methyl sites for hydroxylation is 1. The van der Waals surface area contributed by atoms with Crippen molar-refractivity contribution in [2.24, 2.45) is 7.05 Å². The van der Waals surface area contributed by atoms with Crippen LogP contribution >= 0.6 is 0 Å². The third-order valence-corrected chi connectivity index (χ3v) is 4.11. The van der Waals surface area contributed by atoms with Crippen LogP contribution in [0.25, 0.3) is 22.0 Å². The minimum absolute atomic E-state index is 0.262. The first-order valence-corrected chi connectivity index (χ1v) is 7.12. The molecule has 0 radical (unpaired) electrons. The van der Waals surface area contributed by atoms with Crippen molar-refractivity contribution in [2.75, 3.05) is 11.5 Å². The zero-order valence-corrected chi connectivity index (χ0v) is 11.9. The van der Waals surface area contributed by atoms with Crippen molar-refractivity contribution in [1.29, 1.82) is 0 Å². The lowest BCUT2D eigenvalue weighted by atomic mass is 10.0. The van der Waals surface area contributed by atoms with Gasteiger partial charge in [0.2, 0.25) is 5.95 Å². The van der Waals surface area contributed by atoms with Gasteiger partial charge in [0.1, 0.15) is 5.82 Å². The molecule has 3 aromatic rings. The van der Waals surface area contributed by atoms with Gasteiger partial charge in [0.05, 0.1) is 5.69 Å². The molecule has 21 heavy (non-hydrogen) atoms. The first-order chi connectivity index (χ1) is 10.1. The highest BCUT2D eigenvalue weighted by Crippen LogP contribution is 2.46. The Kier molecular flexibility index (Phi) is 2.45. The lowest BCUT2D eigenvalue weighted by Gasteiger charge is -2.10. The van der Waals surface area contributed by atoms with Gasteiger partial charge in [-0.15, -0.1) is 0 Å². The summed E-state index contributed by atoms with van der Waals surface area (Å²) in [5.74, 6) is 1.20. The van der Waals surface area contributed by atoms with Gasteiger partial charge >= 0.3 is 0 Å². The molecule has 0 unspecified atom stereocenters. The van der Waals surface area contributed by atoms with E-state index in [0.29, 0.717) is 11.7 Å². The SMILES string of the molecule is Cn1cc(-c2c(N)nc(N)nc2C2CC2)c2ccccc21. The first kappa shape index (κ1) is 12.2. The number of rotatable bonds is 2. The molecule has 0 amide bonds. The highest BCUT2D eigenvalue weighted by molar-refractivity contribution is 5.99. The minimum Gasteiger partial charge on any atom is -0.383 e. The van der Waals surface area contributed by atoms with Gasteiger partial charge in [0.15, 0.2) is 0 Å². The number of nitrogens with two attached hydrogens (primary N) is 2. The number of anilines is 2.